The van der Waals surface area contributed by atoms with E-state index < -0.39 is 0 Å². The summed E-state index contributed by atoms with van der Waals surface area (Å²) >= 11 is 1.62. The van der Waals surface area contributed by atoms with Crippen molar-refractivity contribution in [3.63, 3.8) is 0 Å². The molecule has 27 heavy (non-hydrogen) atoms. The molecule has 0 fully saturated rings. The Morgan fingerprint density at radius 3 is 2.44 bits per heavy atom. The molecule has 4 aromatic rings. The third kappa shape index (κ3) is 3.62. The van der Waals surface area contributed by atoms with Crippen LogP contribution in [-0.2, 0) is 0 Å². The van der Waals surface area contributed by atoms with E-state index in [1.807, 2.05) is 10.7 Å². The average Bonchev–Trinajstić information content (AvgIpc) is 3.29. The Morgan fingerprint density at radius 2 is 1.78 bits per heavy atom. The molecular weight excluding hydrogens is 354 g/mol. The summed E-state index contributed by atoms with van der Waals surface area (Å²) in [5, 5.41) is 5.46. The van der Waals surface area contributed by atoms with Crippen LogP contribution in [0.15, 0.2) is 53.9 Å². The number of hydrogen-bond acceptors (Lipinski definition) is 4. The van der Waals surface area contributed by atoms with Crippen molar-refractivity contribution in [3.8, 4) is 0 Å². The van der Waals surface area contributed by atoms with Crippen molar-refractivity contribution in [1.29, 1.82) is 0 Å². The van der Waals surface area contributed by atoms with Crippen molar-refractivity contribution in [2.45, 2.75) is 44.0 Å². The summed E-state index contributed by atoms with van der Waals surface area (Å²) < 4.78 is 1.90. The second-order valence-corrected chi connectivity index (χ2v) is 8.20. The zero-order valence-electron chi connectivity index (χ0n) is 16.0. The molecule has 0 bridgehead atoms. The fourth-order valence-corrected chi connectivity index (χ4v) is 4.23. The SMILES string of the molecule is Cc1cc(C)n2nc(SC(c3ccc(C(C)C)cc3)c3ncc[nH]3)nc2c1. The predicted molar refractivity (Wildman–Crippen MR) is 109 cm³/mol. The number of H-pyrrole nitrogens is 1. The van der Waals surface area contributed by atoms with Gasteiger partial charge in [-0.15, -0.1) is 5.10 Å². The first kappa shape index (κ1) is 17.8. The maximum atomic E-state index is 4.73. The van der Waals surface area contributed by atoms with Gasteiger partial charge in [0.25, 0.3) is 0 Å². The largest absolute Gasteiger partial charge is 0.347 e. The number of aromatic nitrogens is 5. The number of nitrogens with one attached hydrogen (secondary N) is 1. The highest BCUT2D eigenvalue weighted by Gasteiger charge is 2.21. The maximum absolute atomic E-state index is 4.73. The van der Waals surface area contributed by atoms with Crippen LogP contribution < -0.4 is 0 Å². The lowest BCUT2D eigenvalue weighted by molar-refractivity contribution is 0.850. The highest BCUT2D eigenvalue weighted by Crippen LogP contribution is 2.38. The molecule has 0 spiro atoms. The lowest BCUT2D eigenvalue weighted by Crippen LogP contribution is -2.01. The van der Waals surface area contributed by atoms with E-state index in [9.17, 15) is 0 Å². The summed E-state index contributed by atoms with van der Waals surface area (Å²) in [6.07, 6.45) is 3.64. The van der Waals surface area contributed by atoms with E-state index in [-0.39, 0.29) is 5.25 Å². The minimum atomic E-state index is 0.0139. The van der Waals surface area contributed by atoms with Gasteiger partial charge in [0.15, 0.2) is 5.65 Å². The van der Waals surface area contributed by atoms with Gasteiger partial charge >= 0.3 is 0 Å². The molecule has 6 heteroatoms. The van der Waals surface area contributed by atoms with Crippen LogP contribution in [0.5, 0.6) is 0 Å². The van der Waals surface area contributed by atoms with Crippen LogP contribution in [0.2, 0.25) is 0 Å². The van der Waals surface area contributed by atoms with Gasteiger partial charge < -0.3 is 4.98 Å². The van der Waals surface area contributed by atoms with E-state index in [0.29, 0.717) is 5.92 Å². The summed E-state index contributed by atoms with van der Waals surface area (Å²) in [5.74, 6) is 1.42. The average molecular weight is 378 g/mol. The fourth-order valence-electron chi connectivity index (χ4n) is 3.21. The first-order chi connectivity index (χ1) is 13.0. The van der Waals surface area contributed by atoms with Crippen molar-refractivity contribution in [3.05, 3.63) is 77.0 Å². The van der Waals surface area contributed by atoms with Crippen molar-refractivity contribution in [1.82, 2.24) is 24.6 Å². The molecule has 0 aliphatic heterocycles. The molecule has 1 atom stereocenters. The van der Waals surface area contributed by atoms with Gasteiger partial charge in [-0.3, -0.25) is 0 Å². The number of thioether (sulfide) groups is 1. The third-order valence-corrected chi connectivity index (χ3v) is 5.75. The fraction of sp³-hybridized carbons (Fsp3) is 0.286. The van der Waals surface area contributed by atoms with Gasteiger partial charge in [0.2, 0.25) is 5.16 Å². The molecule has 4 rings (SSSR count). The van der Waals surface area contributed by atoms with E-state index in [1.54, 1.807) is 18.0 Å². The molecule has 0 aliphatic carbocycles. The Morgan fingerprint density at radius 1 is 1.04 bits per heavy atom. The quantitative estimate of drug-likeness (QED) is 0.493. The lowest BCUT2D eigenvalue weighted by atomic mass is 10.0. The van der Waals surface area contributed by atoms with Gasteiger partial charge in [-0.05, 0) is 48.6 Å². The van der Waals surface area contributed by atoms with Gasteiger partial charge in [-0.2, -0.15) is 0 Å². The summed E-state index contributed by atoms with van der Waals surface area (Å²) in [7, 11) is 0. The van der Waals surface area contributed by atoms with Gasteiger partial charge in [0.1, 0.15) is 5.82 Å². The second-order valence-electron chi connectivity index (χ2n) is 7.13. The van der Waals surface area contributed by atoms with Crippen LogP contribution >= 0.6 is 11.8 Å². The number of nitrogens with zero attached hydrogens (tertiary/aromatic N) is 4. The number of aromatic amines is 1. The van der Waals surface area contributed by atoms with Gasteiger partial charge in [0.05, 0.1) is 5.25 Å². The van der Waals surface area contributed by atoms with Crippen molar-refractivity contribution < 1.29 is 0 Å². The topological polar surface area (TPSA) is 58.9 Å². The monoisotopic (exact) mass is 377 g/mol. The zero-order valence-corrected chi connectivity index (χ0v) is 16.8. The normalized spacial score (nSPS) is 12.8. The number of aryl methyl sites for hydroxylation is 2. The first-order valence-corrected chi connectivity index (χ1v) is 9.99. The van der Waals surface area contributed by atoms with Crippen LogP contribution in [0.3, 0.4) is 0 Å². The number of pyridine rings is 1. The number of fused-ring (bicyclic) bond motifs is 1. The molecule has 0 saturated carbocycles. The maximum Gasteiger partial charge on any atom is 0.210 e. The van der Waals surface area contributed by atoms with Crippen LogP contribution in [0.1, 0.15) is 53.2 Å². The Bertz CT molecular complexity index is 1050. The smallest absolute Gasteiger partial charge is 0.210 e. The molecule has 0 radical (unpaired) electrons. The summed E-state index contributed by atoms with van der Waals surface area (Å²) in [6.45, 7) is 8.55. The Balaban J connectivity index is 1.71. The molecule has 1 N–H and O–H groups in total. The Kier molecular flexibility index (Phi) is 4.74. The second kappa shape index (κ2) is 7.19. The van der Waals surface area contributed by atoms with E-state index in [0.717, 1.165) is 22.3 Å². The molecule has 1 unspecified atom stereocenters. The van der Waals surface area contributed by atoms with E-state index in [4.69, 9.17) is 10.1 Å². The van der Waals surface area contributed by atoms with E-state index >= 15 is 0 Å². The molecule has 5 nitrogen and oxygen atoms in total. The molecule has 0 amide bonds. The summed E-state index contributed by atoms with van der Waals surface area (Å²) in [6, 6.07) is 12.9. The minimum absolute atomic E-state index is 0.0139. The van der Waals surface area contributed by atoms with E-state index in [2.05, 4.69) is 74.1 Å². The number of rotatable bonds is 5. The summed E-state index contributed by atoms with van der Waals surface area (Å²) in [4.78, 5) is 12.5. The van der Waals surface area contributed by atoms with Gasteiger partial charge in [0, 0.05) is 18.1 Å². The molecule has 138 valence electrons. The van der Waals surface area contributed by atoms with Crippen LogP contribution in [0.25, 0.3) is 5.65 Å². The molecule has 3 aromatic heterocycles. The minimum Gasteiger partial charge on any atom is -0.347 e. The van der Waals surface area contributed by atoms with Crippen LogP contribution in [0, 0.1) is 13.8 Å². The van der Waals surface area contributed by atoms with Crippen LogP contribution in [0.4, 0.5) is 0 Å². The molecule has 3 heterocycles. The first-order valence-electron chi connectivity index (χ1n) is 9.11. The highest BCUT2D eigenvalue weighted by molar-refractivity contribution is 7.99. The van der Waals surface area contributed by atoms with Crippen molar-refractivity contribution in [2.24, 2.45) is 0 Å². The van der Waals surface area contributed by atoms with Gasteiger partial charge in [-0.1, -0.05) is 49.9 Å². The molecule has 0 aliphatic rings. The number of imidazole rings is 1. The predicted octanol–water partition coefficient (Wildman–Crippen LogP) is 5.07. The van der Waals surface area contributed by atoms with Crippen molar-refractivity contribution >= 4 is 17.4 Å². The lowest BCUT2D eigenvalue weighted by Gasteiger charge is -2.14. The number of benzene rings is 1. The van der Waals surface area contributed by atoms with Gasteiger partial charge in [-0.25, -0.2) is 14.5 Å². The third-order valence-electron chi connectivity index (χ3n) is 4.64. The molecule has 1 aromatic carbocycles. The standard InChI is InChI=1S/C21H23N5S/c1-13(2)16-5-7-17(8-6-16)19(20-22-9-10-23-20)27-21-24-18-12-14(3)11-15(4)26(18)25-21/h5-13,19H,1-4H3,(H,22,23). The molecule has 0 saturated heterocycles. The highest BCUT2D eigenvalue weighted by atomic mass is 32.2. The van der Waals surface area contributed by atoms with Crippen LogP contribution in [-0.4, -0.2) is 24.6 Å². The summed E-state index contributed by atoms with van der Waals surface area (Å²) in [5.41, 5.74) is 5.67. The Labute approximate surface area is 163 Å². The number of hydrogen-bond donors (Lipinski definition) is 1. The Hall–Kier alpha value is -2.60. The zero-order chi connectivity index (χ0) is 19.0. The van der Waals surface area contributed by atoms with E-state index in [1.165, 1.54) is 16.7 Å². The molecular formula is C21H23N5S. The van der Waals surface area contributed by atoms with Crippen molar-refractivity contribution in [2.75, 3.05) is 0 Å².